The van der Waals surface area contributed by atoms with E-state index in [1.54, 1.807) is 31.2 Å². The maximum absolute atomic E-state index is 12.7. The van der Waals surface area contributed by atoms with E-state index in [2.05, 4.69) is 5.32 Å². The summed E-state index contributed by atoms with van der Waals surface area (Å²) in [5, 5.41) is 2.86. The van der Waals surface area contributed by atoms with E-state index in [4.69, 9.17) is 4.74 Å². The second-order valence-corrected chi connectivity index (χ2v) is 8.50. The molecular weight excluding hydrogens is 352 g/mol. The Hall–Kier alpha value is -2.54. The molecule has 1 amide bonds. The Balaban J connectivity index is 1.90. The van der Waals surface area contributed by atoms with Gasteiger partial charge in [0.05, 0.1) is 18.0 Å². The number of hydrogen-bond donors (Lipinski definition) is 1. The van der Waals surface area contributed by atoms with Crippen LogP contribution in [0.1, 0.15) is 18.1 Å². The lowest BCUT2D eigenvalue weighted by atomic mass is 10.1. The molecule has 0 aromatic heterocycles. The molecule has 0 saturated carbocycles. The van der Waals surface area contributed by atoms with Crippen molar-refractivity contribution in [2.24, 2.45) is 0 Å². The molecule has 1 N–H and O–H groups in total. The van der Waals surface area contributed by atoms with E-state index in [1.807, 2.05) is 32.0 Å². The minimum absolute atomic E-state index is 0.0489. The van der Waals surface area contributed by atoms with E-state index in [1.165, 1.54) is 4.31 Å². The molecule has 0 bridgehead atoms. The molecule has 3 rings (SSSR count). The number of para-hydroxylation sites is 2. The first-order chi connectivity index (χ1) is 12.3. The summed E-state index contributed by atoms with van der Waals surface area (Å²) in [4.78, 5) is 12.7. The molecule has 1 aliphatic rings. The number of fused-ring (bicyclic) bond motifs is 1. The zero-order chi connectivity index (χ0) is 18.9. The van der Waals surface area contributed by atoms with Crippen LogP contribution >= 0.6 is 0 Å². The second kappa shape index (κ2) is 6.99. The first kappa shape index (κ1) is 18.3. The SMILES string of the molecule is CCS(=O)(=O)N1CC(C(=O)Nc2cc(C)ccc2C)Oc2ccccc21. The van der Waals surface area contributed by atoms with Crippen LogP contribution in [0.2, 0.25) is 0 Å². The van der Waals surface area contributed by atoms with Crippen LogP contribution in [0.3, 0.4) is 0 Å². The van der Waals surface area contributed by atoms with Crippen LogP contribution in [-0.2, 0) is 14.8 Å². The number of anilines is 2. The highest BCUT2D eigenvalue weighted by Crippen LogP contribution is 2.35. The first-order valence-corrected chi connectivity index (χ1v) is 10.1. The van der Waals surface area contributed by atoms with Gasteiger partial charge in [0, 0.05) is 5.69 Å². The number of carbonyl (C=O) groups excluding carboxylic acids is 1. The summed E-state index contributed by atoms with van der Waals surface area (Å²) in [5.41, 5.74) is 3.11. The fraction of sp³-hybridized carbons (Fsp3) is 0.316. The van der Waals surface area contributed by atoms with Gasteiger partial charge in [-0.05, 0) is 50.1 Å². The molecule has 0 aliphatic carbocycles. The zero-order valence-electron chi connectivity index (χ0n) is 15.0. The second-order valence-electron chi connectivity index (χ2n) is 6.31. The lowest BCUT2D eigenvalue weighted by molar-refractivity contribution is -0.122. The van der Waals surface area contributed by atoms with Gasteiger partial charge in [0.1, 0.15) is 5.75 Å². The highest BCUT2D eigenvalue weighted by atomic mass is 32.2. The molecule has 2 aromatic rings. The Morgan fingerprint density at radius 2 is 1.96 bits per heavy atom. The van der Waals surface area contributed by atoms with Crippen LogP contribution in [0.25, 0.3) is 0 Å². The Morgan fingerprint density at radius 1 is 1.23 bits per heavy atom. The van der Waals surface area contributed by atoms with Crippen molar-refractivity contribution in [3.05, 3.63) is 53.6 Å². The van der Waals surface area contributed by atoms with Gasteiger partial charge in [-0.2, -0.15) is 0 Å². The van der Waals surface area contributed by atoms with Crippen molar-refractivity contribution in [1.82, 2.24) is 0 Å². The lowest BCUT2D eigenvalue weighted by Crippen LogP contribution is -2.49. The smallest absolute Gasteiger partial charge is 0.267 e. The average Bonchev–Trinajstić information content (AvgIpc) is 2.63. The molecule has 2 aromatic carbocycles. The summed E-state index contributed by atoms with van der Waals surface area (Å²) in [5.74, 6) is -0.0338. The maximum atomic E-state index is 12.7. The number of nitrogens with one attached hydrogen (secondary N) is 1. The molecule has 1 atom stereocenters. The minimum Gasteiger partial charge on any atom is -0.476 e. The van der Waals surface area contributed by atoms with Crippen LogP contribution in [0, 0.1) is 13.8 Å². The van der Waals surface area contributed by atoms with Crippen molar-refractivity contribution in [3.63, 3.8) is 0 Å². The zero-order valence-corrected chi connectivity index (χ0v) is 15.8. The fourth-order valence-electron chi connectivity index (χ4n) is 2.84. The fourth-order valence-corrected chi connectivity index (χ4v) is 3.97. The van der Waals surface area contributed by atoms with Gasteiger partial charge in [0.25, 0.3) is 5.91 Å². The molecule has 0 saturated heterocycles. The number of rotatable bonds is 4. The Labute approximate surface area is 153 Å². The van der Waals surface area contributed by atoms with Gasteiger partial charge >= 0.3 is 0 Å². The van der Waals surface area contributed by atoms with Gasteiger partial charge in [-0.25, -0.2) is 8.42 Å². The number of nitrogens with zero attached hydrogens (tertiary/aromatic N) is 1. The standard InChI is InChI=1S/C19H22N2O4S/c1-4-26(23,24)21-12-18(25-17-8-6-5-7-16(17)21)19(22)20-15-11-13(2)9-10-14(15)3/h5-11,18H,4,12H2,1-3H3,(H,20,22). The quantitative estimate of drug-likeness (QED) is 0.893. The van der Waals surface area contributed by atoms with Crippen molar-refractivity contribution in [1.29, 1.82) is 0 Å². The van der Waals surface area contributed by atoms with Crippen molar-refractivity contribution in [3.8, 4) is 5.75 Å². The van der Waals surface area contributed by atoms with Crippen LogP contribution in [-0.4, -0.2) is 32.7 Å². The molecular formula is C19H22N2O4S. The molecule has 1 unspecified atom stereocenters. The Morgan fingerprint density at radius 3 is 2.69 bits per heavy atom. The summed E-state index contributed by atoms with van der Waals surface area (Å²) in [6.07, 6.45) is -0.925. The van der Waals surface area contributed by atoms with E-state index in [0.717, 1.165) is 11.1 Å². The van der Waals surface area contributed by atoms with Gasteiger partial charge < -0.3 is 10.1 Å². The third-order valence-electron chi connectivity index (χ3n) is 4.38. The van der Waals surface area contributed by atoms with Crippen molar-refractivity contribution < 1.29 is 17.9 Å². The summed E-state index contributed by atoms with van der Waals surface area (Å²) < 4.78 is 32.0. The van der Waals surface area contributed by atoms with Gasteiger partial charge in [0.2, 0.25) is 10.0 Å². The number of sulfonamides is 1. The normalized spacial score (nSPS) is 16.6. The molecule has 0 fully saturated rings. The number of carbonyl (C=O) groups is 1. The molecule has 1 heterocycles. The van der Waals surface area contributed by atoms with E-state index >= 15 is 0 Å². The number of hydrogen-bond acceptors (Lipinski definition) is 4. The van der Waals surface area contributed by atoms with E-state index < -0.39 is 16.1 Å². The number of amides is 1. The Bertz CT molecular complexity index is 940. The highest BCUT2D eigenvalue weighted by molar-refractivity contribution is 7.92. The van der Waals surface area contributed by atoms with Gasteiger partial charge in [0.15, 0.2) is 6.10 Å². The number of ether oxygens (including phenoxy) is 1. The van der Waals surface area contributed by atoms with Crippen LogP contribution in [0.4, 0.5) is 11.4 Å². The average molecular weight is 374 g/mol. The predicted molar refractivity (Wildman–Crippen MR) is 102 cm³/mol. The Kier molecular flexibility index (Phi) is 4.91. The minimum atomic E-state index is -3.52. The van der Waals surface area contributed by atoms with Gasteiger partial charge in [-0.1, -0.05) is 24.3 Å². The van der Waals surface area contributed by atoms with E-state index in [0.29, 0.717) is 17.1 Å². The third-order valence-corrected chi connectivity index (χ3v) is 6.13. The van der Waals surface area contributed by atoms with Gasteiger partial charge in [-0.3, -0.25) is 9.10 Å². The summed E-state index contributed by atoms with van der Waals surface area (Å²) >= 11 is 0. The number of aryl methyl sites for hydroxylation is 2. The monoisotopic (exact) mass is 374 g/mol. The van der Waals surface area contributed by atoms with Crippen LogP contribution < -0.4 is 14.4 Å². The molecule has 0 radical (unpaired) electrons. The van der Waals surface area contributed by atoms with Crippen LogP contribution in [0.15, 0.2) is 42.5 Å². The predicted octanol–water partition coefficient (Wildman–Crippen LogP) is 2.86. The summed E-state index contributed by atoms with van der Waals surface area (Å²) in [6, 6.07) is 12.6. The molecule has 6 nitrogen and oxygen atoms in total. The number of benzene rings is 2. The summed E-state index contributed by atoms with van der Waals surface area (Å²) in [7, 11) is -3.52. The largest absolute Gasteiger partial charge is 0.476 e. The molecule has 7 heteroatoms. The molecule has 138 valence electrons. The van der Waals surface area contributed by atoms with Crippen LogP contribution in [0.5, 0.6) is 5.75 Å². The molecule has 0 spiro atoms. The molecule has 1 aliphatic heterocycles. The first-order valence-electron chi connectivity index (χ1n) is 8.46. The van der Waals surface area contributed by atoms with E-state index in [9.17, 15) is 13.2 Å². The lowest BCUT2D eigenvalue weighted by Gasteiger charge is -2.34. The summed E-state index contributed by atoms with van der Waals surface area (Å²) in [6.45, 7) is 5.38. The van der Waals surface area contributed by atoms with Crippen molar-refractivity contribution in [2.45, 2.75) is 26.9 Å². The molecule has 26 heavy (non-hydrogen) atoms. The third kappa shape index (κ3) is 3.53. The topological polar surface area (TPSA) is 75.7 Å². The van der Waals surface area contributed by atoms with Gasteiger partial charge in [-0.15, -0.1) is 0 Å². The van der Waals surface area contributed by atoms with Crippen molar-refractivity contribution >= 4 is 27.3 Å². The van der Waals surface area contributed by atoms with E-state index in [-0.39, 0.29) is 18.2 Å². The van der Waals surface area contributed by atoms with Crippen molar-refractivity contribution in [2.75, 3.05) is 21.9 Å². The highest BCUT2D eigenvalue weighted by Gasteiger charge is 2.36. The maximum Gasteiger partial charge on any atom is 0.267 e.